The Morgan fingerprint density at radius 1 is 1.20 bits per heavy atom. The van der Waals surface area contributed by atoms with Crippen molar-refractivity contribution in [2.45, 2.75) is 45.0 Å². The van der Waals surface area contributed by atoms with E-state index in [2.05, 4.69) is 5.32 Å². The van der Waals surface area contributed by atoms with Crippen LogP contribution >= 0.6 is 0 Å². The van der Waals surface area contributed by atoms with E-state index in [1.165, 1.54) is 19.2 Å². The minimum atomic E-state index is -4.46. The highest BCUT2D eigenvalue weighted by Crippen LogP contribution is 2.37. The summed E-state index contributed by atoms with van der Waals surface area (Å²) < 4.78 is 43.9. The molecule has 5 nitrogen and oxygen atoms in total. The highest BCUT2D eigenvalue weighted by molar-refractivity contribution is 5.65. The molecule has 1 rings (SSSR count). The number of alkyl halides is 3. The lowest BCUT2D eigenvalue weighted by molar-refractivity contribution is -0.137. The van der Waals surface area contributed by atoms with E-state index < -0.39 is 47.9 Å². The Kier molecular flexibility index (Phi) is 6.84. The molecule has 1 amide bonds. The number of amides is 1. The Labute approximate surface area is 144 Å². The van der Waals surface area contributed by atoms with Gasteiger partial charge in [-0.25, -0.2) is 4.79 Å². The number of ether oxygens (including phenoxy) is 1. The summed E-state index contributed by atoms with van der Waals surface area (Å²) >= 11 is 0. The van der Waals surface area contributed by atoms with E-state index in [0.29, 0.717) is 5.56 Å². The third-order valence-corrected chi connectivity index (χ3v) is 4.00. The van der Waals surface area contributed by atoms with Crippen molar-refractivity contribution in [1.29, 1.82) is 0 Å². The normalized spacial score (nSPS) is 16.2. The molecule has 3 N–H and O–H groups in total. The van der Waals surface area contributed by atoms with Gasteiger partial charge in [-0.2, -0.15) is 13.2 Å². The molecular formula is C17H24F3NO4. The topological polar surface area (TPSA) is 78.8 Å². The van der Waals surface area contributed by atoms with Gasteiger partial charge in [0.1, 0.15) is 0 Å². The summed E-state index contributed by atoms with van der Waals surface area (Å²) in [6.45, 7) is 5.09. The quantitative estimate of drug-likeness (QED) is 0.723. The van der Waals surface area contributed by atoms with Crippen LogP contribution in [-0.4, -0.2) is 42.2 Å². The molecule has 0 saturated carbocycles. The van der Waals surface area contributed by atoms with E-state index in [0.717, 1.165) is 12.1 Å². The number of hydrogen-bond acceptors (Lipinski definition) is 3. The Bertz CT molecular complexity index is 567. The van der Waals surface area contributed by atoms with E-state index in [-0.39, 0.29) is 0 Å². The maximum atomic E-state index is 12.8. The van der Waals surface area contributed by atoms with Crippen LogP contribution in [0.15, 0.2) is 24.3 Å². The molecule has 0 saturated heterocycles. The van der Waals surface area contributed by atoms with Crippen LogP contribution in [0.1, 0.15) is 37.8 Å². The van der Waals surface area contributed by atoms with Gasteiger partial charge in [0.15, 0.2) is 0 Å². The highest BCUT2D eigenvalue weighted by Gasteiger charge is 2.39. The van der Waals surface area contributed by atoms with Gasteiger partial charge in [0.25, 0.3) is 0 Å². The predicted octanol–water partition coefficient (Wildman–Crippen LogP) is 3.48. The lowest BCUT2D eigenvalue weighted by atomic mass is 9.74. The van der Waals surface area contributed by atoms with E-state index >= 15 is 0 Å². The molecule has 0 bridgehead atoms. The summed E-state index contributed by atoms with van der Waals surface area (Å²) in [5, 5.41) is 20.9. The van der Waals surface area contributed by atoms with Crippen LogP contribution in [0.25, 0.3) is 0 Å². The Hall–Kier alpha value is -1.80. The molecule has 0 aliphatic carbocycles. The van der Waals surface area contributed by atoms with Gasteiger partial charge in [0.05, 0.1) is 24.3 Å². The fourth-order valence-electron chi connectivity index (χ4n) is 2.96. The first-order chi connectivity index (χ1) is 11.4. The second kappa shape index (κ2) is 8.05. The molecule has 3 atom stereocenters. The van der Waals surface area contributed by atoms with Crippen LogP contribution in [0.3, 0.4) is 0 Å². The first-order valence-electron chi connectivity index (χ1n) is 7.72. The van der Waals surface area contributed by atoms with Crippen molar-refractivity contribution in [1.82, 2.24) is 5.32 Å². The summed E-state index contributed by atoms with van der Waals surface area (Å²) in [4.78, 5) is 11.0. The van der Waals surface area contributed by atoms with Gasteiger partial charge < -0.3 is 20.3 Å². The first kappa shape index (κ1) is 21.2. The number of carboxylic acid groups (broad SMARTS) is 1. The molecule has 0 radical (unpaired) electrons. The van der Waals surface area contributed by atoms with Crippen LogP contribution < -0.4 is 5.32 Å². The summed E-state index contributed by atoms with van der Waals surface area (Å²) in [5.41, 5.74) is -0.801. The summed E-state index contributed by atoms with van der Waals surface area (Å²) in [5.74, 6) is -0.673. The molecule has 25 heavy (non-hydrogen) atoms. The molecule has 0 aliphatic heterocycles. The molecule has 0 aliphatic rings. The Morgan fingerprint density at radius 3 is 2.04 bits per heavy atom. The smallest absolute Gasteiger partial charge is 0.416 e. The van der Waals surface area contributed by atoms with Gasteiger partial charge in [0, 0.05) is 13.0 Å². The summed E-state index contributed by atoms with van der Waals surface area (Å²) in [6.07, 6.45) is -6.35. The largest absolute Gasteiger partial charge is 0.465 e. The Morgan fingerprint density at radius 2 is 1.72 bits per heavy atom. The van der Waals surface area contributed by atoms with Crippen molar-refractivity contribution in [3.63, 3.8) is 0 Å². The van der Waals surface area contributed by atoms with E-state index in [4.69, 9.17) is 9.84 Å². The molecule has 142 valence electrons. The van der Waals surface area contributed by atoms with Gasteiger partial charge in [0.2, 0.25) is 0 Å². The zero-order chi connectivity index (χ0) is 19.4. The van der Waals surface area contributed by atoms with E-state index in [1.807, 2.05) is 20.8 Å². The van der Waals surface area contributed by atoms with Crippen molar-refractivity contribution < 1.29 is 32.9 Å². The van der Waals surface area contributed by atoms with Gasteiger partial charge in [-0.3, -0.25) is 0 Å². The van der Waals surface area contributed by atoms with E-state index in [1.54, 1.807) is 0 Å². The van der Waals surface area contributed by atoms with Crippen molar-refractivity contribution >= 4 is 6.09 Å². The standard InChI is InChI=1S/C17H24F3NO4/c1-16(2,3)14(25-4)13(12(9-22)21-15(23)24)10-5-7-11(8-6-10)17(18,19)20/h5-8,12-14,21-22H,9H2,1-4H3,(H,23,24)/t12-,13-,14?/m1/s1. The summed E-state index contributed by atoms with van der Waals surface area (Å²) in [7, 11) is 1.45. The van der Waals surface area contributed by atoms with Gasteiger partial charge in [-0.15, -0.1) is 0 Å². The van der Waals surface area contributed by atoms with Crippen LogP contribution in [0.2, 0.25) is 0 Å². The molecule has 0 fully saturated rings. The number of benzene rings is 1. The number of halogens is 3. The first-order valence-corrected chi connectivity index (χ1v) is 7.72. The van der Waals surface area contributed by atoms with Crippen LogP contribution in [0.4, 0.5) is 18.0 Å². The SMILES string of the molecule is COC([C@H](c1ccc(C(F)(F)F)cc1)[C@@H](CO)NC(=O)O)C(C)(C)C. The lowest BCUT2D eigenvalue weighted by Crippen LogP contribution is -2.49. The molecule has 0 heterocycles. The third kappa shape index (κ3) is 5.61. The van der Waals surface area contributed by atoms with Crippen LogP contribution in [0, 0.1) is 5.41 Å². The van der Waals surface area contributed by atoms with Crippen molar-refractivity contribution in [2.75, 3.05) is 13.7 Å². The Balaban J connectivity index is 3.36. The molecule has 0 aromatic heterocycles. The predicted molar refractivity (Wildman–Crippen MR) is 86.5 cm³/mol. The number of rotatable bonds is 6. The second-order valence-corrected chi connectivity index (χ2v) is 6.91. The second-order valence-electron chi connectivity index (χ2n) is 6.91. The number of aliphatic hydroxyl groups excluding tert-OH is 1. The number of carbonyl (C=O) groups is 1. The van der Waals surface area contributed by atoms with Crippen LogP contribution in [0.5, 0.6) is 0 Å². The van der Waals surface area contributed by atoms with Crippen molar-refractivity contribution in [2.24, 2.45) is 5.41 Å². The molecule has 1 aromatic rings. The average Bonchev–Trinajstić information content (AvgIpc) is 2.48. The fourth-order valence-corrected chi connectivity index (χ4v) is 2.96. The van der Waals surface area contributed by atoms with Crippen molar-refractivity contribution in [3.05, 3.63) is 35.4 Å². The molecule has 0 spiro atoms. The molecule has 8 heteroatoms. The maximum Gasteiger partial charge on any atom is 0.416 e. The number of aliphatic hydroxyl groups is 1. The average molecular weight is 363 g/mol. The minimum Gasteiger partial charge on any atom is -0.465 e. The zero-order valence-corrected chi connectivity index (χ0v) is 14.6. The third-order valence-electron chi connectivity index (χ3n) is 4.00. The highest BCUT2D eigenvalue weighted by atomic mass is 19.4. The lowest BCUT2D eigenvalue weighted by Gasteiger charge is -2.39. The number of nitrogens with one attached hydrogen (secondary N) is 1. The van der Waals surface area contributed by atoms with E-state index in [9.17, 15) is 23.1 Å². The number of hydrogen-bond donors (Lipinski definition) is 3. The minimum absolute atomic E-state index is 0.447. The van der Waals surface area contributed by atoms with Gasteiger partial charge in [-0.05, 0) is 23.1 Å². The summed E-state index contributed by atoms with van der Waals surface area (Å²) in [6, 6.07) is 3.52. The zero-order valence-electron chi connectivity index (χ0n) is 14.6. The van der Waals surface area contributed by atoms with Crippen LogP contribution in [-0.2, 0) is 10.9 Å². The van der Waals surface area contributed by atoms with Crippen molar-refractivity contribution in [3.8, 4) is 0 Å². The fraction of sp³-hybridized carbons (Fsp3) is 0.588. The van der Waals surface area contributed by atoms with Gasteiger partial charge in [-0.1, -0.05) is 32.9 Å². The van der Waals surface area contributed by atoms with Gasteiger partial charge >= 0.3 is 12.3 Å². The monoisotopic (exact) mass is 363 g/mol. The molecular weight excluding hydrogens is 339 g/mol. The maximum absolute atomic E-state index is 12.8. The molecule has 1 aromatic carbocycles. The number of methoxy groups -OCH3 is 1. The molecule has 1 unspecified atom stereocenters.